The Balaban J connectivity index is 1.27. The van der Waals surface area contributed by atoms with Crippen LogP contribution in [0, 0.1) is 5.82 Å². The summed E-state index contributed by atoms with van der Waals surface area (Å²) < 4.78 is 13.4. The zero-order valence-electron chi connectivity index (χ0n) is 16.3. The van der Waals surface area contributed by atoms with Crippen molar-refractivity contribution in [2.45, 2.75) is 18.3 Å². The van der Waals surface area contributed by atoms with Gasteiger partial charge in [-0.2, -0.15) is 0 Å². The SMILES string of the molecule is O=C1Nc2cc(F)ccc2C1C=Nc1ccc(N2CCC(c3ccncc3)C2)cc1. The average molecular weight is 400 g/mol. The van der Waals surface area contributed by atoms with E-state index in [1.807, 2.05) is 24.5 Å². The molecule has 2 atom stereocenters. The van der Waals surface area contributed by atoms with Crippen LogP contribution in [0.3, 0.4) is 0 Å². The predicted molar refractivity (Wildman–Crippen MR) is 116 cm³/mol. The molecule has 0 saturated carbocycles. The van der Waals surface area contributed by atoms with Gasteiger partial charge in [0.25, 0.3) is 0 Å². The molecule has 1 amide bonds. The van der Waals surface area contributed by atoms with Crippen molar-refractivity contribution in [3.05, 3.63) is 83.9 Å². The van der Waals surface area contributed by atoms with Gasteiger partial charge in [0.05, 0.1) is 5.69 Å². The van der Waals surface area contributed by atoms with E-state index in [9.17, 15) is 9.18 Å². The monoisotopic (exact) mass is 400 g/mol. The van der Waals surface area contributed by atoms with E-state index in [1.54, 1.807) is 12.3 Å². The van der Waals surface area contributed by atoms with E-state index >= 15 is 0 Å². The number of fused-ring (bicyclic) bond motifs is 1. The minimum absolute atomic E-state index is 0.185. The van der Waals surface area contributed by atoms with Gasteiger partial charge in [0.2, 0.25) is 5.91 Å². The van der Waals surface area contributed by atoms with E-state index in [0.717, 1.165) is 30.8 Å². The first kappa shape index (κ1) is 18.5. The fraction of sp³-hybridized carbons (Fsp3) is 0.208. The highest BCUT2D eigenvalue weighted by molar-refractivity contribution is 6.12. The van der Waals surface area contributed by atoms with Gasteiger partial charge in [0, 0.05) is 49.0 Å². The van der Waals surface area contributed by atoms with Crippen molar-refractivity contribution in [1.82, 2.24) is 4.98 Å². The zero-order valence-corrected chi connectivity index (χ0v) is 16.3. The largest absolute Gasteiger partial charge is 0.371 e. The number of aromatic nitrogens is 1. The Morgan fingerprint density at radius 3 is 2.70 bits per heavy atom. The van der Waals surface area contributed by atoms with Crippen molar-refractivity contribution in [3.8, 4) is 0 Å². The number of benzene rings is 2. The summed E-state index contributed by atoms with van der Waals surface area (Å²) in [6, 6.07) is 16.6. The van der Waals surface area contributed by atoms with Crippen molar-refractivity contribution in [1.29, 1.82) is 0 Å². The minimum Gasteiger partial charge on any atom is -0.371 e. The second-order valence-corrected chi connectivity index (χ2v) is 7.71. The molecule has 30 heavy (non-hydrogen) atoms. The lowest BCUT2D eigenvalue weighted by Crippen LogP contribution is -2.18. The lowest BCUT2D eigenvalue weighted by molar-refractivity contribution is -0.115. The molecule has 1 aromatic heterocycles. The summed E-state index contributed by atoms with van der Waals surface area (Å²) in [7, 11) is 0. The molecule has 2 aromatic carbocycles. The summed E-state index contributed by atoms with van der Waals surface area (Å²) in [5.41, 5.74) is 4.56. The first-order chi connectivity index (χ1) is 14.7. The van der Waals surface area contributed by atoms with Crippen LogP contribution >= 0.6 is 0 Å². The summed E-state index contributed by atoms with van der Waals surface area (Å²) in [5.74, 6) is -0.526. The maximum absolute atomic E-state index is 13.4. The smallest absolute Gasteiger partial charge is 0.237 e. The van der Waals surface area contributed by atoms with Crippen LogP contribution in [0.5, 0.6) is 0 Å². The first-order valence-electron chi connectivity index (χ1n) is 10.1. The normalized spacial score (nSPS) is 20.6. The second-order valence-electron chi connectivity index (χ2n) is 7.71. The molecule has 0 bridgehead atoms. The third kappa shape index (κ3) is 3.56. The van der Waals surface area contributed by atoms with Crippen LogP contribution in [0.2, 0.25) is 0 Å². The molecule has 1 saturated heterocycles. The molecule has 2 aliphatic heterocycles. The Morgan fingerprint density at radius 1 is 1.10 bits per heavy atom. The lowest BCUT2D eigenvalue weighted by atomic mass is 10.00. The lowest BCUT2D eigenvalue weighted by Gasteiger charge is -2.19. The topological polar surface area (TPSA) is 57.6 Å². The van der Waals surface area contributed by atoms with E-state index in [1.165, 1.54) is 23.4 Å². The maximum Gasteiger partial charge on any atom is 0.237 e. The Morgan fingerprint density at radius 2 is 1.90 bits per heavy atom. The fourth-order valence-electron chi connectivity index (χ4n) is 4.22. The predicted octanol–water partition coefficient (Wildman–Crippen LogP) is 4.65. The molecule has 1 N–H and O–H groups in total. The number of nitrogens with zero attached hydrogens (tertiary/aromatic N) is 3. The number of anilines is 2. The van der Waals surface area contributed by atoms with Crippen molar-refractivity contribution >= 4 is 29.2 Å². The molecule has 3 aromatic rings. The molecule has 2 aliphatic rings. The molecular formula is C24H21FN4O. The van der Waals surface area contributed by atoms with Gasteiger partial charge in [-0.3, -0.25) is 14.8 Å². The first-order valence-corrected chi connectivity index (χ1v) is 10.1. The van der Waals surface area contributed by atoms with Gasteiger partial charge in [-0.1, -0.05) is 6.07 Å². The molecule has 0 spiro atoms. The number of hydrogen-bond acceptors (Lipinski definition) is 4. The third-order valence-electron chi connectivity index (χ3n) is 5.84. The molecule has 6 heteroatoms. The number of aliphatic imine (C=N–C) groups is 1. The molecule has 150 valence electrons. The van der Waals surface area contributed by atoms with Crippen molar-refractivity contribution in [3.63, 3.8) is 0 Å². The summed E-state index contributed by atoms with van der Waals surface area (Å²) in [6.07, 6.45) is 6.46. The van der Waals surface area contributed by atoms with Crippen molar-refractivity contribution in [2.24, 2.45) is 4.99 Å². The van der Waals surface area contributed by atoms with E-state index in [4.69, 9.17) is 0 Å². The Bertz CT molecular complexity index is 1100. The number of nitrogens with one attached hydrogen (secondary N) is 1. The highest BCUT2D eigenvalue weighted by Crippen LogP contribution is 2.33. The quantitative estimate of drug-likeness (QED) is 0.649. The Hall–Kier alpha value is -3.54. The van der Waals surface area contributed by atoms with E-state index in [-0.39, 0.29) is 11.7 Å². The molecule has 2 unspecified atom stereocenters. The minimum atomic E-state index is -0.500. The van der Waals surface area contributed by atoms with E-state index in [2.05, 4.69) is 44.5 Å². The van der Waals surface area contributed by atoms with Gasteiger partial charge in [-0.15, -0.1) is 0 Å². The van der Waals surface area contributed by atoms with Crippen molar-refractivity contribution in [2.75, 3.05) is 23.3 Å². The molecule has 5 rings (SSSR count). The highest BCUT2D eigenvalue weighted by Gasteiger charge is 2.29. The zero-order chi connectivity index (χ0) is 20.5. The average Bonchev–Trinajstić information content (AvgIpc) is 3.37. The standard InChI is InChI=1S/C24H21FN4O/c25-18-1-6-21-22(24(30)28-23(21)13-18)14-27-19-2-4-20(5-3-19)29-12-9-17(15-29)16-7-10-26-11-8-16/h1-8,10-11,13-14,17,22H,9,12,15H2,(H,28,30). The van der Waals surface area contributed by atoms with Gasteiger partial charge in [-0.25, -0.2) is 4.39 Å². The van der Waals surface area contributed by atoms with Crippen LogP contribution in [0.1, 0.15) is 29.4 Å². The van der Waals surface area contributed by atoms with Crippen molar-refractivity contribution < 1.29 is 9.18 Å². The summed E-state index contributed by atoms with van der Waals surface area (Å²) in [6.45, 7) is 2.01. The Labute approximate surface area is 174 Å². The highest BCUT2D eigenvalue weighted by atomic mass is 19.1. The molecule has 3 heterocycles. The molecular weight excluding hydrogens is 379 g/mol. The maximum atomic E-state index is 13.4. The second kappa shape index (κ2) is 7.71. The van der Waals surface area contributed by atoms with E-state index < -0.39 is 5.92 Å². The molecule has 5 nitrogen and oxygen atoms in total. The van der Waals surface area contributed by atoms with Gasteiger partial charge < -0.3 is 10.2 Å². The summed E-state index contributed by atoms with van der Waals surface area (Å²) >= 11 is 0. The molecule has 0 radical (unpaired) electrons. The summed E-state index contributed by atoms with van der Waals surface area (Å²) in [5, 5.41) is 2.71. The molecule has 1 fully saturated rings. The van der Waals surface area contributed by atoms with Crippen LogP contribution in [0.4, 0.5) is 21.5 Å². The van der Waals surface area contributed by atoms with Crippen LogP contribution in [0.15, 0.2) is 72.0 Å². The number of hydrogen-bond donors (Lipinski definition) is 1. The van der Waals surface area contributed by atoms with Crippen LogP contribution in [-0.4, -0.2) is 30.2 Å². The third-order valence-corrected chi connectivity index (χ3v) is 5.84. The van der Waals surface area contributed by atoms with Gasteiger partial charge in [-0.05, 0) is 66.1 Å². The summed E-state index contributed by atoms with van der Waals surface area (Å²) in [4.78, 5) is 23.2. The number of carbonyl (C=O) groups is 1. The van der Waals surface area contributed by atoms with Gasteiger partial charge in [0.15, 0.2) is 0 Å². The number of rotatable bonds is 4. The number of pyridine rings is 1. The van der Waals surface area contributed by atoms with Gasteiger partial charge >= 0.3 is 0 Å². The van der Waals surface area contributed by atoms with Crippen LogP contribution in [0.25, 0.3) is 0 Å². The Kier molecular flexibility index (Phi) is 4.75. The fourth-order valence-corrected chi connectivity index (χ4v) is 4.22. The number of amides is 1. The van der Waals surface area contributed by atoms with Crippen LogP contribution < -0.4 is 10.2 Å². The van der Waals surface area contributed by atoms with Crippen LogP contribution in [-0.2, 0) is 4.79 Å². The van der Waals surface area contributed by atoms with E-state index in [0.29, 0.717) is 11.6 Å². The molecule has 0 aliphatic carbocycles. The number of halogens is 1. The van der Waals surface area contributed by atoms with Gasteiger partial charge in [0.1, 0.15) is 11.7 Å². The number of carbonyl (C=O) groups excluding carboxylic acids is 1.